The number of benzene rings is 2. The van der Waals surface area contributed by atoms with Crippen LogP contribution in [0.2, 0.25) is 0 Å². The molecule has 20 heavy (non-hydrogen) atoms. The van der Waals surface area contributed by atoms with Gasteiger partial charge in [-0.2, -0.15) is 5.10 Å². The highest BCUT2D eigenvalue weighted by atomic mass is 16.5. The highest BCUT2D eigenvalue weighted by Crippen LogP contribution is 2.24. The molecule has 4 heteroatoms. The smallest absolute Gasteiger partial charge is 0.128 e. The highest BCUT2D eigenvalue weighted by Gasteiger charge is 2.08. The van der Waals surface area contributed by atoms with Crippen molar-refractivity contribution in [3.05, 3.63) is 54.1 Å². The number of hydrogen-bond acceptors (Lipinski definition) is 4. The average molecular weight is 270 g/mol. The first-order valence-corrected chi connectivity index (χ1v) is 6.32. The van der Waals surface area contributed by atoms with Gasteiger partial charge in [0.2, 0.25) is 0 Å². The zero-order valence-electron chi connectivity index (χ0n) is 11.9. The Labute approximate surface area is 119 Å². The number of hydrogen-bond donors (Lipinski definition) is 1. The van der Waals surface area contributed by atoms with Crippen molar-refractivity contribution in [3.63, 3.8) is 0 Å². The Morgan fingerprint density at radius 2 is 1.75 bits per heavy atom. The van der Waals surface area contributed by atoms with Crippen molar-refractivity contribution in [3.8, 4) is 11.5 Å². The van der Waals surface area contributed by atoms with Crippen molar-refractivity contribution in [2.45, 2.75) is 6.92 Å². The summed E-state index contributed by atoms with van der Waals surface area (Å²) in [5.74, 6) is 1.54. The van der Waals surface area contributed by atoms with Gasteiger partial charge in [-0.25, -0.2) is 0 Å². The molecule has 0 unspecified atom stereocenters. The van der Waals surface area contributed by atoms with Gasteiger partial charge in [0.25, 0.3) is 0 Å². The first-order valence-electron chi connectivity index (χ1n) is 6.32. The van der Waals surface area contributed by atoms with Crippen molar-refractivity contribution in [1.29, 1.82) is 0 Å². The summed E-state index contributed by atoms with van der Waals surface area (Å²) in [6.07, 6.45) is 0. The van der Waals surface area contributed by atoms with Crippen LogP contribution in [0.3, 0.4) is 0 Å². The molecule has 2 aromatic rings. The third-order valence-electron chi connectivity index (χ3n) is 2.92. The van der Waals surface area contributed by atoms with E-state index in [0.717, 1.165) is 28.5 Å². The number of ether oxygens (including phenoxy) is 2. The van der Waals surface area contributed by atoms with E-state index < -0.39 is 0 Å². The summed E-state index contributed by atoms with van der Waals surface area (Å²) in [5, 5.41) is 4.38. The second-order valence-corrected chi connectivity index (χ2v) is 4.24. The molecular formula is C16H18N2O2. The minimum Gasteiger partial charge on any atom is -0.497 e. The minimum absolute atomic E-state index is 0.766. The van der Waals surface area contributed by atoms with E-state index in [1.807, 2.05) is 55.5 Å². The number of anilines is 1. The summed E-state index contributed by atoms with van der Waals surface area (Å²) in [6, 6.07) is 15.4. The molecular weight excluding hydrogens is 252 g/mol. The SMILES string of the molecule is COc1ccc(OC)c(/C(C)=N/Nc2ccccc2)c1. The third kappa shape index (κ3) is 3.29. The van der Waals surface area contributed by atoms with Gasteiger partial charge in [-0.3, -0.25) is 5.43 Å². The standard InChI is InChI=1S/C16H18N2O2/c1-12(17-18-13-7-5-4-6-8-13)15-11-14(19-2)9-10-16(15)20-3/h4-11,18H,1-3H3/b17-12+. The van der Waals surface area contributed by atoms with E-state index in [1.165, 1.54) is 0 Å². The molecule has 0 heterocycles. The maximum absolute atomic E-state index is 5.35. The van der Waals surface area contributed by atoms with Crippen molar-refractivity contribution in [1.82, 2.24) is 0 Å². The van der Waals surface area contributed by atoms with Crippen LogP contribution in [-0.2, 0) is 0 Å². The quantitative estimate of drug-likeness (QED) is 0.667. The zero-order chi connectivity index (χ0) is 14.4. The third-order valence-corrected chi connectivity index (χ3v) is 2.92. The molecule has 104 valence electrons. The molecule has 0 aliphatic carbocycles. The van der Waals surface area contributed by atoms with Gasteiger partial charge in [0.15, 0.2) is 0 Å². The summed E-state index contributed by atoms with van der Waals surface area (Å²) < 4.78 is 10.6. The second kappa shape index (κ2) is 6.61. The Morgan fingerprint density at radius 1 is 1.00 bits per heavy atom. The van der Waals surface area contributed by atoms with E-state index in [4.69, 9.17) is 9.47 Å². The van der Waals surface area contributed by atoms with Gasteiger partial charge in [-0.05, 0) is 37.3 Å². The van der Waals surface area contributed by atoms with Gasteiger partial charge < -0.3 is 9.47 Å². The topological polar surface area (TPSA) is 42.9 Å². The van der Waals surface area contributed by atoms with Crippen molar-refractivity contribution >= 4 is 11.4 Å². The molecule has 2 rings (SSSR count). The largest absolute Gasteiger partial charge is 0.497 e. The number of nitrogens with one attached hydrogen (secondary N) is 1. The predicted octanol–water partition coefficient (Wildman–Crippen LogP) is 3.54. The van der Waals surface area contributed by atoms with Crippen LogP contribution in [0.25, 0.3) is 0 Å². The fourth-order valence-corrected chi connectivity index (χ4v) is 1.82. The molecule has 0 bridgehead atoms. The molecule has 1 N–H and O–H groups in total. The number of rotatable bonds is 5. The Bertz CT molecular complexity index is 595. The van der Waals surface area contributed by atoms with E-state index in [-0.39, 0.29) is 0 Å². The molecule has 0 aromatic heterocycles. The normalized spacial score (nSPS) is 11.1. The number of para-hydroxylation sites is 1. The summed E-state index contributed by atoms with van der Waals surface area (Å²) >= 11 is 0. The molecule has 0 radical (unpaired) electrons. The van der Waals surface area contributed by atoms with Gasteiger partial charge in [-0.1, -0.05) is 18.2 Å². The van der Waals surface area contributed by atoms with Gasteiger partial charge in [0.05, 0.1) is 25.6 Å². The fourth-order valence-electron chi connectivity index (χ4n) is 1.82. The summed E-state index contributed by atoms with van der Waals surface area (Å²) in [6.45, 7) is 1.92. The van der Waals surface area contributed by atoms with Crippen LogP contribution in [0.4, 0.5) is 5.69 Å². The van der Waals surface area contributed by atoms with Crippen LogP contribution < -0.4 is 14.9 Å². The van der Waals surface area contributed by atoms with Crippen molar-refractivity contribution in [2.24, 2.45) is 5.10 Å². The molecule has 0 aliphatic heterocycles. The van der Waals surface area contributed by atoms with Crippen molar-refractivity contribution in [2.75, 3.05) is 19.6 Å². The van der Waals surface area contributed by atoms with Crippen molar-refractivity contribution < 1.29 is 9.47 Å². The molecule has 0 fully saturated rings. The molecule has 0 atom stereocenters. The number of hydrazone groups is 1. The molecule has 0 saturated carbocycles. The van der Waals surface area contributed by atoms with Gasteiger partial charge in [0, 0.05) is 5.56 Å². The first-order chi connectivity index (χ1) is 9.74. The van der Waals surface area contributed by atoms with E-state index >= 15 is 0 Å². The van der Waals surface area contributed by atoms with Gasteiger partial charge in [0.1, 0.15) is 11.5 Å². The highest BCUT2D eigenvalue weighted by molar-refractivity contribution is 6.01. The van der Waals surface area contributed by atoms with Crippen LogP contribution >= 0.6 is 0 Å². The summed E-state index contributed by atoms with van der Waals surface area (Å²) in [4.78, 5) is 0. The van der Waals surface area contributed by atoms with E-state index in [0.29, 0.717) is 0 Å². The summed E-state index contributed by atoms with van der Waals surface area (Å²) in [7, 11) is 3.28. The molecule has 0 amide bonds. The lowest BCUT2D eigenvalue weighted by atomic mass is 10.1. The Kier molecular flexibility index (Phi) is 4.60. The molecule has 4 nitrogen and oxygen atoms in total. The molecule has 0 spiro atoms. The maximum Gasteiger partial charge on any atom is 0.128 e. The lowest BCUT2D eigenvalue weighted by Crippen LogP contribution is -2.03. The van der Waals surface area contributed by atoms with Gasteiger partial charge in [-0.15, -0.1) is 0 Å². The van der Waals surface area contributed by atoms with Crippen LogP contribution in [-0.4, -0.2) is 19.9 Å². The predicted molar refractivity (Wildman–Crippen MR) is 81.8 cm³/mol. The van der Waals surface area contributed by atoms with Crippen LogP contribution in [0.15, 0.2) is 53.6 Å². The molecule has 0 saturated heterocycles. The van der Waals surface area contributed by atoms with Crippen LogP contribution in [0, 0.1) is 0 Å². The monoisotopic (exact) mass is 270 g/mol. The Balaban J connectivity index is 2.25. The Hall–Kier alpha value is -2.49. The lowest BCUT2D eigenvalue weighted by Gasteiger charge is -2.10. The van der Waals surface area contributed by atoms with E-state index in [9.17, 15) is 0 Å². The van der Waals surface area contributed by atoms with Crippen LogP contribution in [0.1, 0.15) is 12.5 Å². The van der Waals surface area contributed by atoms with Crippen LogP contribution in [0.5, 0.6) is 11.5 Å². The zero-order valence-corrected chi connectivity index (χ0v) is 11.9. The molecule has 0 aliphatic rings. The number of nitrogens with zero attached hydrogens (tertiary/aromatic N) is 1. The van der Waals surface area contributed by atoms with Gasteiger partial charge >= 0.3 is 0 Å². The second-order valence-electron chi connectivity index (χ2n) is 4.24. The van der Waals surface area contributed by atoms with E-state index in [2.05, 4.69) is 10.5 Å². The van der Waals surface area contributed by atoms with E-state index in [1.54, 1.807) is 14.2 Å². The lowest BCUT2D eigenvalue weighted by molar-refractivity contribution is 0.402. The first kappa shape index (κ1) is 13.9. The average Bonchev–Trinajstić information content (AvgIpc) is 2.52. The fraction of sp³-hybridized carbons (Fsp3) is 0.188. The molecule has 2 aromatic carbocycles. The number of methoxy groups -OCH3 is 2. The Morgan fingerprint density at radius 3 is 2.40 bits per heavy atom. The maximum atomic E-state index is 5.35. The minimum atomic E-state index is 0.766. The summed E-state index contributed by atoms with van der Waals surface area (Å²) in [5.41, 5.74) is 5.68.